The summed E-state index contributed by atoms with van der Waals surface area (Å²) in [6, 6.07) is 9.62. The minimum atomic E-state index is -0.998. The number of halogens is 3. The standard InChI is InChI=1S/C16H12BrClFNO2/c17-9-3-1-8(2-4-9)11-7-14(16(21)22)20-15-12(11)5-10(18)6-13(15)19/h1-6,11,14,20H,7H2,(H,21,22). The van der Waals surface area contributed by atoms with Crippen LogP contribution in [0.5, 0.6) is 0 Å². The summed E-state index contributed by atoms with van der Waals surface area (Å²) >= 11 is 9.34. The van der Waals surface area contributed by atoms with Gasteiger partial charge >= 0.3 is 5.97 Å². The van der Waals surface area contributed by atoms with E-state index in [2.05, 4.69) is 21.2 Å². The molecule has 0 spiro atoms. The van der Waals surface area contributed by atoms with Crippen LogP contribution >= 0.6 is 27.5 Å². The largest absolute Gasteiger partial charge is 0.480 e. The van der Waals surface area contributed by atoms with Crippen LogP contribution in [0, 0.1) is 5.82 Å². The number of anilines is 1. The molecule has 0 aromatic heterocycles. The first kappa shape index (κ1) is 15.3. The van der Waals surface area contributed by atoms with E-state index in [1.807, 2.05) is 24.3 Å². The first-order valence-electron chi connectivity index (χ1n) is 6.69. The molecule has 2 atom stereocenters. The van der Waals surface area contributed by atoms with E-state index < -0.39 is 17.8 Å². The zero-order valence-corrected chi connectivity index (χ0v) is 13.7. The highest BCUT2D eigenvalue weighted by molar-refractivity contribution is 9.10. The van der Waals surface area contributed by atoms with Crippen molar-refractivity contribution in [1.29, 1.82) is 0 Å². The number of aliphatic carboxylic acids is 1. The van der Waals surface area contributed by atoms with E-state index in [0.717, 1.165) is 10.0 Å². The van der Waals surface area contributed by atoms with Gasteiger partial charge in [-0.15, -0.1) is 0 Å². The van der Waals surface area contributed by atoms with Gasteiger partial charge in [0.15, 0.2) is 0 Å². The van der Waals surface area contributed by atoms with E-state index in [1.54, 1.807) is 6.07 Å². The second kappa shape index (κ2) is 5.89. The van der Waals surface area contributed by atoms with E-state index in [4.69, 9.17) is 11.6 Å². The van der Waals surface area contributed by atoms with E-state index in [1.165, 1.54) is 6.07 Å². The molecule has 2 unspecified atom stereocenters. The number of carboxylic acids is 1. The Morgan fingerprint density at radius 1 is 1.32 bits per heavy atom. The van der Waals surface area contributed by atoms with Crippen molar-refractivity contribution in [3.05, 3.63) is 62.8 Å². The molecule has 0 amide bonds. The van der Waals surface area contributed by atoms with Gasteiger partial charge in [-0.2, -0.15) is 0 Å². The topological polar surface area (TPSA) is 49.3 Å². The van der Waals surface area contributed by atoms with Crippen molar-refractivity contribution in [3.8, 4) is 0 Å². The number of hydrogen-bond acceptors (Lipinski definition) is 2. The Balaban J connectivity index is 2.13. The predicted molar refractivity (Wildman–Crippen MR) is 87.1 cm³/mol. The highest BCUT2D eigenvalue weighted by atomic mass is 79.9. The number of rotatable bonds is 2. The number of hydrogen-bond donors (Lipinski definition) is 2. The fraction of sp³-hybridized carbons (Fsp3) is 0.188. The first-order valence-corrected chi connectivity index (χ1v) is 7.86. The lowest BCUT2D eigenvalue weighted by Crippen LogP contribution is -2.36. The molecule has 0 saturated heterocycles. The Bertz CT molecular complexity index is 736. The second-order valence-electron chi connectivity index (χ2n) is 5.23. The lowest BCUT2D eigenvalue weighted by atomic mass is 9.82. The molecule has 1 aliphatic rings. The molecule has 22 heavy (non-hydrogen) atoms. The Kier molecular flexibility index (Phi) is 4.10. The predicted octanol–water partition coefficient (Wildman–Crippen LogP) is 4.64. The van der Waals surface area contributed by atoms with Gasteiger partial charge in [-0.3, -0.25) is 0 Å². The van der Waals surface area contributed by atoms with Crippen molar-refractivity contribution in [1.82, 2.24) is 0 Å². The van der Waals surface area contributed by atoms with Crippen molar-refractivity contribution in [2.24, 2.45) is 0 Å². The second-order valence-corrected chi connectivity index (χ2v) is 6.58. The monoisotopic (exact) mass is 383 g/mol. The summed E-state index contributed by atoms with van der Waals surface area (Å²) in [6.07, 6.45) is 0.337. The van der Waals surface area contributed by atoms with Gasteiger partial charge in [0.2, 0.25) is 0 Å². The first-order chi connectivity index (χ1) is 10.5. The van der Waals surface area contributed by atoms with Gasteiger partial charge in [0.05, 0.1) is 5.69 Å². The van der Waals surface area contributed by atoms with E-state index in [-0.39, 0.29) is 11.6 Å². The maximum Gasteiger partial charge on any atom is 0.326 e. The molecule has 6 heteroatoms. The Hall–Kier alpha value is -1.59. The van der Waals surface area contributed by atoms with Crippen molar-refractivity contribution in [2.75, 3.05) is 5.32 Å². The van der Waals surface area contributed by atoms with Crippen LogP contribution in [0.3, 0.4) is 0 Å². The minimum Gasteiger partial charge on any atom is -0.480 e. The molecule has 0 fully saturated rings. The summed E-state index contributed by atoms with van der Waals surface area (Å²) in [5, 5.41) is 12.4. The summed E-state index contributed by atoms with van der Waals surface area (Å²) in [5.74, 6) is -1.75. The molecule has 2 aromatic rings. The molecule has 3 rings (SSSR count). The maximum atomic E-state index is 14.2. The number of benzene rings is 2. The van der Waals surface area contributed by atoms with Crippen LogP contribution in [0.2, 0.25) is 5.02 Å². The van der Waals surface area contributed by atoms with Crippen molar-refractivity contribution in [3.63, 3.8) is 0 Å². The van der Waals surface area contributed by atoms with Gasteiger partial charge in [-0.25, -0.2) is 9.18 Å². The average Bonchev–Trinajstić information content (AvgIpc) is 2.47. The molecule has 2 N–H and O–H groups in total. The third-order valence-corrected chi connectivity index (χ3v) is 4.57. The van der Waals surface area contributed by atoms with Gasteiger partial charge < -0.3 is 10.4 Å². The van der Waals surface area contributed by atoms with Gasteiger partial charge in [-0.05, 0) is 41.8 Å². The van der Waals surface area contributed by atoms with Crippen LogP contribution in [0.25, 0.3) is 0 Å². The minimum absolute atomic E-state index is 0.218. The SMILES string of the molecule is O=C(O)C1CC(c2ccc(Br)cc2)c2cc(Cl)cc(F)c2N1. The molecule has 0 aliphatic carbocycles. The van der Waals surface area contributed by atoms with Crippen LogP contribution in [0.1, 0.15) is 23.5 Å². The molecule has 114 valence electrons. The molecule has 0 bridgehead atoms. The smallest absolute Gasteiger partial charge is 0.326 e. The van der Waals surface area contributed by atoms with Crippen molar-refractivity contribution < 1.29 is 14.3 Å². The molecule has 0 radical (unpaired) electrons. The van der Waals surface area contributed by atoms with Crippen molar-refractivity contribution >= 4 is 39.2 Å². The molecule has 2 aromatic carbocycles. The highest BCUT2D eigenvalue weighted by Crippen LogP contribution is 2.41. The molecule has 1 heterocycles. The third kappa shape index (κ3) is 2.83. The van der Waals surface area contributed by atoms with Gasteiger partial charge in [0.25, 0.3) is 0 Å². The summed E-state index contributed by atoms with van der Waals surface area (Å²) in [4.78, 5) is 11.4. The summed E-state index contributed by atoms with van der Waals surface area (Å²) in [6.45, 7) is 0. The zero-order valence-electron chi connectivity index (χ0n) is 11.3. The normalized spacial score (nSPS) is 20.1. The number of carbonyl (C=O) groups is 1. The molecular formula is C16H12BrClFNO2. The molecule has 1 aliphatic heterocycles. The molecule has 0 saturated carbocycles. The summed E-state index contributed by atoms with van der Waals surface area (Å²) in [5.41, 5.74) is 1.83. The maximum absolute atomic E-state index is 14.2. The Morgan fingerprint density at radius 3 is 2.64 bits per heavy atom. The van der Waals surface area contributed by atoms with E-state index in [0.29, 0.717) is 17.0 Å². The third-order valence-electron chi connectivity index (χ3n) is 3.82. The number of carboxylic acid groups (broad SMARTS) is 1. The Morgan fingerprint density at radius 2 is 2.00 bits per heavy atom. The van der Waals surface area contributed by atoms with Crippen LogP contribution in [-0.2, 0) is 4.79 Å². The fourth-order valence-electron chi connectivity index (χ4n) is 2.79. The van der Waals surface area contributed by atoms with Crippen LogP contribution in [-0.4, -0.2) is 17.1 Å². The molecular weight excluding hydrogens is 373 g/mol. The quantitative estimate of drug-likeness (QED) is 0.793. The lowest BCUT2D eigenvalue weighted by Gasteiger charge is -2.32. The van der Waals surface area contributed by atoms with E-state index in [9.17, 15) is 14.3 Å². The summed E-state index contributed by atoms with van der Waals surface area (Å²) in [7, 11) is 0. The van der Waals surface area contributed by atoms with Crippen LogP contribution in [0.15, 0.2) is 40.9 Å². The van der Waals surface area contributed by atoms with Gasteiger partial charge in [0, 0.05) is 15.4 Å². The van der Waals surface area contributed by atoms with Crippen LogP contribution in [0.4, 0.5) is 10.1 Å². The fourth-order valence-corrected chi connectivity index (χ4v) is 3.27. The van der Waals surface area contributed by atoms with Gasteiger partial charge in [-0.1, -0.05) is 39.7 Å². The van der Waals surface area contributed by atoms with Crippen LogP contribution < -0.4 is 5.32 Å². The highest BCUT2D eigenvalue weighted by Gasteiger charge is 2.33. The summed E-state index contributed by atoms with van der Waals surface area (Å²) < 4.78 is 15.1. The number of fused-ring (bicyclic) bond motifs is 1. The average molecular weight is 385 g/mol. The zero-order chi connectivity index (χ0) is 15.9. The van der Waals surface area contributed by atoms with Crippen molar-refractivity contribution in [2.45, 2.75) is 18.4 Å². The lowest BCUT2D eigenvalue weighted by molar-refractivity contribution is -0.138. The van der Waals surface area contributed by atoms with Gasteiger partial charge in [0.1, 0.15) is 11.9 Å². The molecule has 3 nitrogen and oxygen atoms in total. The Labute approximate surface area is 140 Å². The van der Waals surface area contributed by atoms with E-state index >= 15 is 0 Å². The number of nitrogens with one attached hydrogen (secondary N) is 1.